The molecule has 0 unspecified atom stereocenters. The SMILES string of the molecule is O=C(O)C1(c2c(Cl)ccc3c2OCO3)CCCCC1. The summed E-state index contributed by atoms with van der Waals surface area (Å²) < 4.78 is 10.8. The third-order valence-corrected chi connectivity index (χ3v) is 4.40. The lowest BCUT2D eigenvalue weighted by molar-refractivity contribution is -0.145. The Morgan fingerprint density at radius 2 is 1.95 bits per heavy atom. The zero-order valence-electron chi connectivity index (χ0n) is 10.4. The molecule has 0 bridgehead atoms. The second-order valence-electron chi connectivity index (χ2n) is 5.10. The van der Waals surface area contributed by atoms with Gasteiger partial charge in [0.25, 0.3) is 0 Å². The number of fused-ring (bicyclic) bond motifs is 1. The Hall–Kier alpha value is -1.42. The Labute approximate surface area is 116 Å². The molecule has 1 saturated carbocycles. The van der Waals surface area contributed by atoms with Crippen LogP contribution in [0.5, 0.6) is 11.5 Å². The van der Waals surface area contributed by atoms with Crippen molar-refractivity contribution in [1.82, 2.24) is 0 Å². The zero-order valence-corrected chi connectivity index (χ0v) is 11.2. The molecule has 0 radical (unpaired) electrons. The fourth-order valence-electron chi connectivity index (χ4n) is 3.12. The molecule has 2 aliphatic rings. The molecule has 1 aromatic carbocycles. The highest BCUT2D eigenvalue weighted by Crippen LogP contribution is 2.51. The first-order valence-electron chi connectivity index (χ1n) is 6.47. The number of ether oxygens (including phenoxy) is 2. The summed E-state index contributed by atoms with van der Waals surface area (Å²) in [5, 5.41) is 10.2. The number of hydrogen-bond acceptors (Lipinski definition) is 3. The van der Waals surface area contributed by atoms with Crippen LogP contribution in [0, 0.1) is 0 Å². The van der Waals surface area contributed by atoms with E-state index in [1.54, 1.807) is 12.1 Å². The molecule has 0 atom stereocenters. The molecule has 1 aliphatic heterocycles. The summed E-state index contributed by atoms with van der Waals surface area (Å²) >= 11 is 6.28. The molecule has 1 aromatic rings. The maximum Gasteiger partial charge on any atom is 0.314 e. The van der Waals surface area contributed by atoms with E-state index in [-0.39, 0.29) is 6.79 Å². The minimum Gasteiger partial charge on any atom is -0.481 e. The molecule has 3 rings (SSSR count). The summed E-state index contributed by atoms with van der Waals surface area (Å²) in [6, 6.07) is 3.43. The molecule has 1 fully saturated rings. The summed E-state index contributed by atoms with van der Waals surface area (Å²) in [4.78, 5) is 11.9. The van der Waals surface area contributed by atoms with Crippen LogP contribution in [0.4, 0.5) is 0 Å². The summed E-state index contributed by atoms with van der Waals surface area (Å²) in [7, 11) is 0. The van der Waals surface area contributed by atoms with Crippen molar-refractivity contribution < 1.29 is 19.4 Å². The standard InChI is InChI=1S/C14H15ClO4/c15-9-4-5-10-12(19-8-18-10)11(9)14(13(16)17)6-2-1-3-7-14/h4-5H,1-3,6-8H2,(H,16,17). The number of carboxylic acid groups (broad SMARTS) is 1. The number of aliphatic carboxylic acids is 1. The largest absolute Gasteiger partial charge is 0.481 e. The van der Waals surface area contributed by atoms with Crippen LogP contribution < -0.4 is 9.47 Å². The zero-order chi connectivity index (χ0) is 13.5. The highest BCUT2D eigenvalue weighted by atomic mass is 35.5. The van der Waals surface area contributed by atoms with Crippen LogP contribution in [0.15, 0.2) is 12.1 Å². The van der Waals surface area contributed by atoms with Gasteiger partial charge in [0.2, 0.25) is 6.79 Å². The molecule has 5 heteroatoms. The fourth-order valence-corrected chi connectivity index (χ4v) is 3.45. The average Bonchev–Trinajstić information content (AvgIpc) is 2.87. The highest BCUT2D eigenvalue weighted by Gasteiger charge is 2.46. The van der Waals surface area contributed by atoms with Gasteiger partial charge >= 0.3 is 5.97 Å². The first kappa shape index (κ1) is 12.6. The predicted molar refractivity (Wildman–Crippen MR) is 70.0 cm³/mol. The van der Waals surface area contributed by atoms with Crippen LogP contribution in [0.25, 0.3) is 0 Å². The van der Waals surface area contributed by atoms with Gasteiger partial charge in [-0.25, -0.2) is 0 Å². The van der Waals surface area contributed by atoms with Crippen molar-refractivity contribution in [3.63, 3.8) is 0 Å². The van der Waals surface area contributed by atoms with Crippen LogP contribution in [-0.2, 0) is 10.2 Å². The quantitative estimate of drug-likeness (QED) is 0.904. The van der Waals surface area contributed by atoms with Crippen molar-refractivity contribution in [2.45, 2.75) is 37.5 Å². The minimum absolute atomic E-state index is 0.123. The van der Waals surface area contributed by atoms with Gasteiger partial charge in [-0.1, -0.05) is 30.9 Å². The lowest BCUT2D eigenvalue weighted by atomic mass is 9.69. The molecule has 19 heavy (non-hydrogen) atoms. The second-order valence-corrected chi connectivity index (χ2v) is 5.51. The van der Waals surface area contributed by atoms with Crippen molar-refractivity contribution in [3.05, 3.63) is 22.7 Å². The highest BCUT2D eigenvalue weighted by molar-refractivity contribution is 6.32. The minimum atomic E-state index is -0.936. The van der Waals surface area contributed by atoms with E-state index in [4.69, 9.17) is 21.1 Å². The van der Waals surface area contributed by atoms with E-state index >= 15 is 0 Å². The molecule has 1 heterocycles. The van der Waals surface area contributed by atoms with Gasteiger partial charge in [0.05, 0.1) is 5.41 Å². The number of carboxylic acids is 1. The van der Waals surface area contributed by atoms with Gasteiger partial charge in [0.1, 0.15) is 0 Å². The van der Waals surface area contributed by atoms with E-state index < -0.39 is 11.4 Å². The van der Waals surface area contributed by atoms with Gasteiger partial charge in [-0.2, -0.15) is 0 Å². The Morgan fingerprint density at radius 1 is 1.21 bits per heavy atom. The third kappa shape index (κ3) is 1.86. The number of halogens is 1. The Morgan fingerprint density at radius 3 is 2.63 bits per heavy atom. The van der Waals surface area contributed by atoms with Crippen LogP contribution >= 0.6 is 11.6 Å². The van der Waals surface area contributed by atoms with Crippen molar-refractivity contribution >= 4 is 17.6 Å². The van der Waals surface area contributed by atoms with E-state index in [1.165, 1.54) is 0 Å². The molecule has 0 aromatic heterocycles. The van der Waals surface area contributed by atoms with Crippen LogP contribution in [0.1, 0.15) is 37.7 Å². The summed E-state index contributed by atoms with van der Waals surface area (Å²) in [5.74, 6) is 0.278. The predicted octanol–water partition coefficient (Wildman–Crippen LogP) is 3.36. The molecule has 4 nitrogen and oxygen atoms in total. The number of rotatable bonds is 2. The van der Waals surface area contributed by atoms with Crippen LogP contribution in [0.3, 0.4) is 0 Å². The van der Waals surface area contributed by atoms with E-state index in [9.17, 15) is 9.90 Å². The first-order valence-corrected chi connectivity index (χ1v) is 6.85. The Bertz CT molecular complexity index is 520. The number of benzene rings is 1. The lowest BCUT2D eigenvalue weighted by Gasteiger charge is -2.34. The van der Waals surface area contributed by atoms with Gasteiger partial charge < -0.3 is 14.6 Å². The van der Waals surface area contributed by atoms with E-state index in [1.807, 2.05) is 0 Å². The van der Waals surface area contributed by atoms with Crippen molar-refractivity contribution in [2.24, 2.45) is 0 Å². The molecule has 1 N–H and O–H groups in total. The molecular weight excluding hydrogens is 268 g/mol. The smallest absolute Gasteiger partial charge is 0.314 e. The van der Waals surface area contributed by atoms with E-state index in [2.05, 4.69) is 0 Å². The fraction of sp³-hybridized carbons (Fsp3) is 0.500. The van der Waals surface area contributed by atoms with Crippen molar-refractivity contribution in [3.8, 4) is 11.5 Å². The van der Waals surface area contributed by atoms with Gasteiger partial charge in [0, 0.05) is 10.6 Å². The lowest BCUT2D eigenvalue weighted by Crippen LogP contribution is -2.38. The van der Waals surface area contributed by atoms with Gasteiger partial charge in [-0.15, -0.1) is 0 Å². The molecule has 0 amide bonds. The van der Waals surface area contributed by atoms with E-state index in [0.29, 0.717) is 34.9 Å². The summed E-state index contributed by atoms with van der Waals surface area (Å²) in [6.45, 7) is 0.123. The molecule has 0 spiro atoms. The van der Waals surface area contributed by atoms with Gasteiger partial charge in [-0.05, 0) is 25.0 Å². The van der Waals surface area contributed by atoms with Crippen molar-refractivity contribution in [1.29, 1.82) is 0 Å². The third-order valence-electron chi connectivity index (χ3n) is 4.08. The second kappa shape index (κ2) is 4.60. The molecule has 0 saturated heterocycles. The first-order chi connectivity index (χ1) is 9.15. The molecular formula is C14H15ClO4. The number of hydrogen-bond donors (Lipinski definition) is 1. The average molecular weight is 283 g/mol. The van der Waals surface area contributed by atoms with E-state index in [0.717, 1.165) is 19.3 Å². The maximum absolute atomic E-state index is 11.9. The monoisotopic (exact) mass is 282 g/mol. The van der Waals surface area contributed by atoms with Crippen molar-refractivity contribution in [2.75, 3.05) is 6.79 Å². The maximum atomic E-state index is 11.9. The summed E-state index contributed by atoms with van der Waals surface area (Å²) in [6.07, 6.45) is 4.06. The van der Waals surface area contributed by atoms with Crippen LogP contribution in [-0.4, -0.2) is 17.9 Å². The number of carbonyl (C=O) groups is 1. The Balaban J connectivity index is 2.18. The molecule has 102 valence electrons. The topological polar surface area (TPSA) is 55.8 Å². The normalized spacial score (nSPS) is 20.3. The van der Waals surface area contributed by atoms with Crippen LogP contribution in [0.2, 0.25) is 5.02 Å². The summed E-state index contributed by atoms with van der Waals surface area (Å²) in [5.41, 5.74) is -0.342. The van der Waals surface area contributed by atoms with Gasteiger partial charge in [-0.3, -0.25) is 4.79 Å². The Kier molecular flexibility index (Phi) is 3.05. The van der Waals surface area contributed by atoms with Gasteiger partial charge in [0.15, 0.2) is 11.5 Å². The molecule has 1 aliphatic carbocycles.